The van der Waals surface area contributed by atoms with Gasteiger partial charge in [-0.15, -0.1) is 0 Å². The van der Waals surface area contributed by atoms with Gasteiger partial charge in [-0.05, 0) is 24.3 Å². The molecule has 1 fully saturated rings. The fraction of sp³-hybridized carbons (Fsp3) is 0.267. The number of hydrogen-bond donors (Lipinski definition) is 2. The van der Waals surface area contributed by atoms with Crippen LogP contribution in [0.1, 0.15) is 16.9 Å². The van der Waals surface area contributed by atoms with Crippen molar-refractivity contribution in [2.45, 2.75) is 12.5 Å². The van der Waals surface area contributed by atoms with Crippen molar-refractivity contribution in [3.63, 3.8) is 0 Å². The zero-order chi connectivity index (χ0) is 15.5. The molecule has 1 aliphatic rings. The maximum absolute atomic E-state index is 12.1. The highest BCUT2D eigenvalue weighted by molar-refractivity contribution is 5.98. The lowest BCUT2D eigenvalue weighted by Crippen LogP contribution is -2.37. The van der Waals surface area contributed by atoms with Crippen molar-refractivity contribution in [2.75, 3.05) is 18.6 Å². The molecule has 0 unspecified atom stereocenters. The van der Waals surface area contributed by atoms with Crippen LogP contribution in [-0.4, -0.2) is 41.5 Å². The predicted molar refractivity (Wildman–Crippen MR) is 79.8 cm³/mol. The number of nitrogens with zero attached hydrogens (tertiary/aromatic N) is 2. The van der Waals surface area contributed by atoms with Crippen LogP contribution in [0.4, 0.5) is 5.69 Å². The van der Waals surface area contributed by atoms with Crippen LogP contribution in [0.15, 0.2) is 36.8 Å². The average Bonchev–Trinajstić information content (AvgIpc) is 3.17. The SMILES string of the molecule is COc1ccc(N2C[C@H](NC(=O)c3cnc[nH]3)CC2=O)cc1. The summed E-state index contributed by atoms with van der Waals surface area (Å²) >= 11 is 0. The first-order chi connectivity index (χ1) is 10.7. The van der Waals surface area contributed by atoms with Crippen molar-refractivity contribution in [1.29, 1.82) is 0 Å². The summed E-state index contributed by atoms with van der Waals surface area (Å²) in [6.07, 6.45) is 3.18. The number of amides is 2. The highest BCUT2D eigenvalue weighted by atomic mass is 16.5. The second-order valence-electron chi connectivity index (χ2n) is 5.04. The molecule has 0 spiro atoms. The van der Waals surface area contributed by atoms with E-state index in [4.69, 9.17) is 4.74 Å². The van der Waals surface area contributed by atoms with Crippen LogP contribution in [0.2, 0.25) is 0 Å². The highest BCUT2D eigenvalue weighted by Crippen LogP contribution is 2.24. The van der Waals surface area contributed by atoms with Gasteiger partial charge >= 0.3 is 0 Å². The molecule has 1 saturated heterocycles. The molecule has 22 heavy (non-hydrogen) atoms. The lowest BCUT2D eigenvalue weighted by molar-refractivity contribution is -0.117. The minimum absolute atomic E-state index is 0.0138. The predicted octanol–water partition coefficient (Wildman–Crippen LogP) is 0.954. The molecular formula is C15H16N4O3. The number of carbonyl (C=O) groups is 2. The van der Waals surface area contributed by atoms with Gasteiger partial charge in [0.15, 0.2) is 0 Å². The maximum atomic E-state index is 12.1. The number of aromatic amines is 1. The Kier molecular flexibility index (Phi) is 3.78. The minimum Gasteiger partial charge on any atom is -0.497 e. The van der Waals surface area contributed by atoms with Crippen LogP contribution in [0.5, 0.6) is 5.75 Å². The third-order valence-electron chi connectivity index (χ3n) is 3.59. The molecule has 114 valence electrons. The fourth-order valence-electron chi connectivity index (χ4n) is 2.46. The summed E-state index contributed by atoms with van der Waals surface area (Å²) in [5.74, 6) is 0.464. The molecule has 1 aliphatic heterocycles. The van der Waals surface area contributed by atoms with Crippen molar-refractivity contribution >= 4 is 17.5 Å². The van der Waals surface area contributed by atoms with E-state index in [1.807, 2.05) is 12.1 Å². The van der Waals surface area contributed by atoms with Crippen molar-refractivity contribution in [1.82, 2.24) is 15.3 Å². The summed E-state index contributed by atoms with van der Waals surface area (Å²) in [5.41, 5.74) is 1.18. The number of methoxy groups -OCH3 is 1. The lowest BCUT2D eigenvalue weighted by atomic mass is 10.2. The fourth-order valence-corrected chi connectivity index (χ4v) is 2.46. The van der Waals surface area contributed by atoms with Gasteiger partial charge in [0.25, 0.3) is 5.91 Å². The number of imidazole rings is 1. The van der Waals surface area contributed by atoms with Crippen molar-refractivity contribution in [2.24, 2.45) is 0 Å². The quantitative estimate of drug-likeness (QED) is 0.880. The van der Waals surface area contributed by atoms with Crippen LogP contribution in [-0.2, 0) is 4.79 Å². The Morgan fingerprint density at radius 3 is 2.82 bits per heavy atom. The Bertz CT molecular complexity index is 667. The monoisotopic (exact) mass is 300 g/mol. The maximum Gasteiger partial charge on any atom is 0.269 e. The summed E-state index contributed by atoms with van der Waals surface area (Å²) in [6.45, 7) is 0.449. The first kappa shape index (κ1) is 14.1. The van der Waals surface area contributed by atoms with Crippen molar-refractivity contribution in [3.05, 3.63) is 42.5 Å². The molecule has 1 aromatic heterocycles. The molecule has 2 amide bonds. The summed E-state index contributed by atoms with van der Waals surface area (Å²) in [5, 5.41) is 2.84. The van der Waals surface area contributed by atoms with E-state index in [2.05, 4.69) is 15.3 Å². The molecule has 0 bridgehead atoms. The number of nitrogens with one attached hydrogen (secondary N) is 2. The van der Waals surface area contributed by atoms with Crippen LogP contribution >= 0.6 is 0 Å². The average molecular weight is 300 g/mol. The Morgan fingerprint density at radius 1 is 1.41 bits per heavy atom. The number of H-pyrrole nitrogens is 1. The molecule has 0 radical (unpaired) electrons. The Morgan fingerprint density at radius 2 is 2.18 bits per heavy atom. The normalized spacial score (nSPS) is 17.6. The summed E-state index contributed by atoms with van der Waals surface area (Å²) in [7, 11) is 1.59. The van der Waals surface area contributed by atoms with Gasteiger partial charge < -0.3 is 19.9 Å². The van der Waals surface area contributed by atoms with E-state index in [0.717, 1.165) is 11.4 Å². The van der Waals surface area contributed by atoms with Crippen molar-refractivity contribution in [3.8, 4) is 5.75 Å². The number of benzene rings is 1. The largest absolute Gasteiger partial charge is 0.497 e. The molecule has 2 aromatic rings. The number of carbonyl (C=O) groups excluding carboxylic acids is 2. The zero-order valence-corrected chi connectivity index (χ0v) is 12.1. The van der Waals surface area contributed by atoms with Crippen molar-refractivity contribution < 1.29 is 14.3 Å². The molecule has 2 heterocycles. The minimum atomic E-state index is -0.258. The molecule has 1 aromatic carbocycles. The molecule has 3 rings (SSSR count). The number of aromatic nitrogens is 2. The van der Waals surface area contributed by atoms with Gasteiger partial charge in [0, 0.05) is 18.7 Å². The summed E-state index contributed by atoms with van der Waals surface area (Å²) in [4.78, 5) is 32.3. The Balaban J connectivity index is 1.66. The topological polar surface area (TPSA) is 87.3 Å². The third-order valence-corrected chi connectivity index (χ3v) is 3.59. The highest BCUT2D eigenvalue weighted by Gasteiger charge is 2.31. The first-order valence-corrected chi connectivity index (χ1v) is 6.91. The van der Waals surface area contributed by atoms with E-state index < -0.39 is 0 Å². The van der Waals surface area contributed by atoms with Gasteiger partial charge in [-0.2, -0.15) is 0 Å². The molecule has 0 saturated carbocycles. The molecule has 1 atom stereocenters. The first-order valence-electron chi connectivity index (χ1n) is 6.91. The second kappa shape index (κ2) is 5.88. The van der Waals surface area contributed by atoms with Gasteiger partial charge in [-0.3, -0.25) is 9.59 Å². The molecule has 2 N–H and O–H groups in total. The summed E-state index contributed by atoms with van der Waals surface area (Å²) in [6, 6.07) is 7.05. The number of rotatable bonds is 4. The van der Waals surface area contributed by atoms with Gasteiger partial charge in [-0.1, -0.05) is 0 Å². The number of hydrogen-bond acceptors (Lipinski definition) is 4. The van der Waals surface area contributed by atoms with Crippen LogP contribution < -0.4 is 15.0 Å². The van der Waals surface area contributed by atoms with E-state index in [1.165, 1.54) is 12.5 Å². The van der Waals surface area contributed by atoms with E-state index >= 15 is 0 Å². The molecule has 0 aliphatic carbocycles. The van der Waals surface area contributed by atoms with E-state index in [9.17, 15) is 9.59 Å². The third kappa shape index (κ3) is 2.78. The smallest absolute Gasteiger partial charge is 0.269 e. The zero-order valence-electron chi connectivity index (χ0n) is 12.1. The van der Waals surface area contributed by atoms with Gasteiger partial charge in [-0.25, -0.2) is 4.98 Å². The molecular weight excluding hydrogens is 284 g/mol. The van der Waals surface area contributed by atoms with Gasteiger partial charge in [0.05, 0.1) is 25.7 Å². The van der Waals surface area contributed by atoms with Gasteiger partial charge in [0.1, 0.15) is 11.4 Å². The number of ether oxygens (including phenoxy) is 1. The Hall–Kier alpha value is -2.83. The van der Waals surface area contributed by atoms with E-state index in [0.29, 0.717) is 12.2 Å². The summed E-state index contributed by atoms with van der Waals surface area (Å²) < 4.78 is 5.10. The second-order valence-corrected chi connectivity index (χ2v) is 5.04. The lowest BCUT2D eigenvalue weighted by Gasteiger charge is -2.17. The van der Waals surface area contributed by atoms with Crippen LogP contribution in [0, 0.1) is 0 Å². The molecule has 7 nitrogen and oxygen atoms in total. The molecule has 7 heteroatoms. The van der Waals surface area contributed by atoms with E-state index in [-0.39, 0.29) is 24.3 Å². The standard InChI is InChI=1S/C15H16N4O3/c1-22-12-4-2-11(3-5-12)19-8-10(6-14(19)20)18-15(21)13-7-16-9-17-13/h2-5,7,9-10H,6,8H2,1H3,(H,16,17)(H,18,21)/t10-/m1/s1. The van der Waals surface area contributed by atoms with Gasteiger partial charge in [0.2, 0.25) is 5.91 Å². The Labute approximate surface area is 127 Å². The van der Waals surface area contributed by atoms with Crippen LogP contribution in [0.25, 0.3) is 0 Å². The van der Waals surface area contributed by atoms with Crippen LogP contribution in [0.3, 0.4) is 0 Å². The number of anilines is 1. The van der Waals surface area contributed by atoms with E-state index in [1.54, 1.807) is 24.1 Å².